The monoisotopic (exact) mass is 571 g/mol. The van der Waals surface area contributed by atoms with Gasteiger partial charge in [0.1, 0.15) is 5.52 Å². The van der Waals surface area contributed by atoms with Crippen LogP contribution in [0.2, 0.25) is 0 Å². The number of aromatic nitrogens is 3. The smallest absolute Gasteiger partial charge is 0.390 e. The number of benzene rings is 2. The molecule has 2 fully saturated rings. The molecule has 5 rings (SSSR count). The molecule has 0 bridgehead atoms. The van der Waals surface area contributed by atoms with Crippen LogP contribution in [0.5, 0.6) is 0 Å². The molecule has 2 aromatic carbocycles. The molecule has 3 aromatic rings. The van der Waals surface area contributed by atoms with Gasteiger partial charge in [0.05, 0.1) is 40.2 Å². The Morgan fingerprint density at radius 1 is 1.08 bits per heavy atom. The molecule has 39 heavy (non-hydrogen) atoms. The van der Waals surface area contributed by atoms with E-state index in [2.05, 4.69) is 15.6 Å². The van der Waals surface area contributed by atoms with Crippen LogP contribution >= 0.6 is 11.8 Å². The van der Waals surface area contributed by atoms with E-state index in [0.29, 0.717) is 30.1 Å². The maximum Gasteiger partial charge on any atom is 0.416 e. The molecule has 2 aliphatic rings. The van der Waals surface area contributed by atoms with E-state index >= 15 is 0 Å². The van der Waals surface area contributed by atoms with Crippen LogP contribution in [-0.2, 0) is 23.7 Å². The molecule has 15 heteroatoms. The molecule has 3 heterocycles. The number of nitrogens with zero attached hydrogens (tertiary/aromatic N) is 4. The third kappa shape index (κ3) is 5.38. The Hall–Kier alpha value is -3.43. The molecule has 0 radical (unpaired) electrons. The van der Waals surface area contributed by atoms with Crippen molar-refractivity contribution in [3.63, 3.8) is 0 Å². The van der Waals surface area contributed by atoms with E-state index < -0.39 is 58.9 Å². The van der Waals surface area contributed by atoms with E-state index in [9.17, 15) is 41.0 Å². The fourth-order valence-corrected chi connectivity index (χ4v) is 5.44. The zero-order valence-corrected chi connectivity index (χ0v) is 20.6. The zero-order chi connectivity index (χ0) is 28.1. The van der Waals surface area contributed by atoms with Gasteiger partial charge in [-0.25, -0.2) is 4.68 Å². The number of piperidine rings is 1. The Morgan fingerprint density at radius 2 is 1.85 bits per heavy atom. The van der Waals surface area contributed by atoms with E-state index in [0.717, 1.165) is 27.4 Å². The lowest BCUT2D eigenvalue weighted by Crippen LogP contribution is -2.54. The summed E-state index contributed by atoms with van der Waals surface area (Å²) in [6.07, 6.45) is -8.96. The minimum atomic E-state index is -5.02. The number of rotatable bonds is 4. The molecule has 0 spiro atoms. The molecule has 0 unspecified atom stereocenters. The lowest BCUT2D eigenvalue weighted by Gasteiger charge is -2.33. The number of halogens is 6. The highest BCUT2D eigenvalue weighted by molar-refractivity contribution is 8.18. The SMILES string of the molecule is O=C1S/C(=C\c2ccc3c(c2)nnn3Cc2ccc(C(F)(F)F)cc2C(F)(F)F)C(=O)N1[C@H]1CCNC[C@@H]1O. The molecule has 2 aliphatic heterocycles. The minimum absolute atomic E-state index is 0.0719. The molecule has 2 saturated heterocycles. The van der Waals surface area contributed by atoms with Gasteiger partial charge >= 0.3 is 12.4 Å². The molecule has 0 aliphatic carbocycles. The van der Waals surface area contributed by atoms with E-state index in [4.69, 9.17) is 0 Å². The number of carbonyl (C=O) groups excluding carboxylic acids is 2. The van der Waals surface area contributed by atoms with Gasteiger partial charge < -0.3 is 10.4 Å². The Labute approximate surface area is 220 Å². The number of hydrogen-bond acceptors (Lipinski definition) is 7. The second-order valence-electron chi connectivity index (χ2n) is 9.04. The van der Waals surface area contributed by atoms with Crippen LogP contribution in [0.3, 0.4) is 0 Å². The summed E-state index contributed by atoms with van der Waals surface area (Å²) in [6.45, 7) is 0.320. The largest absolute Gasteiger partial charge is 0.416 e. The van der Waals surface area contributed by atoms with Crippen molar-refractivity contribution in [2.75, 3.05) is 13.1 Å². The topological polar surface area (TPSA) is 100 Å². The zero-order valence-electron chi connectivity index (χ0n) is 19.8. The summed E-state index contributed by atoms with van der Waals surface area (Å²) in [7, 11) is 0. The first-order chi connectivity index (χ1) is 18.3. The van der Waals surface area contributed by atoms with Crippen LogP contribution in [-0.4, -0.2) is 61.4 Å². The van der Waals surface area contributed by atoms with Gasteiger partial charge in [-0.15, -0.1) is 5.10 Å². The highest BCUT2D eigenvalue weighted by Gasteiger charge is 2.43. The quantitative estimate of drug-likeness (QED) is 0.356. The number of aliphatic hydroxyl groups excluding tert-OH is 1. The highest BCUT2D eigenvalue weighted by atomic mass is 32.2. The summed E-state index contributed by atoms with van der Waals surface area (Å²) in [4.78, 5) is 26.6. The Balaban J connectivity index is 1.40. The number of carbonyl (C=O) groups is 2. The molecular formula is C24H19F6N5O3S. The molecule has 2 N–H and O–H groups in total. The van der Waals surface area contributed by atoms with Crippen molar-refractivity contribution in [3.8, 4) is 0 Å². The highest BCUT2D eigenvalue weighted by Crippen LogP contribution is 2.38. The third-order valence-corrected chi connectivity index (χ3v) is 7.35. The summed E-state index contributed by atoms with van der Waals surface area (Å²) in [5.74, 6) is -0.540. The van der Waals surface area contributed by atoms with Crippen molar-refractivity contribution >= 4 is 40.0 Å². The van der Waals surface area contributed by atoms with Crippen LogP contribution in [0.4, 0.5) is 31.1 Å². The summed E-state index contributed by atoms with van der Waals surface area (Å²) in [6, 6.07) is 5.35. The van der Waals surface area contributed by atoms with E-state index in [-0.39, 0.29) is 23.0 Å². The molecule has 2 atom stereocenters. The van der Waals surface area contributed by atoms with Gasteiger partial charge in [0.15, 0.2) is 0 Å². The number of imide groups is 1. The number of nitrogens with one attached hydrogen (secondary N) is 1. The predicted molar refractivity (Wildman–Crippen MR) is 128 cm³/mol. The second kappa shape index (κ2) is 9.95. The van der Waals surface area contributed by atoms with Crippen LogP contribution in [0.15, 0.2) is 41.3 Å². The molecule has 1 aromatic heterocycles. The van der Waals surface area contributed by atoms with Gasteiger partial charge in [-0.2, -0.15) is 26.3 Å². The van der Waals surface area contributed by atoms with Gasteiger partial charge in [0, 0.05) is 6.54 Å². The minimum Gasteiger partial charge on any atom is -0.390 e. The van der Waals surface area contributed by atoms with E-state index in [1.165, 1.54) is 18.2 Å². The summed E-state index contributed by atoms with van der Waals surface area (Å²) < 4.78 is 80.7. The molecule has 8 nitrogen and oxygen atoms in total. The van der Waals surface area contributed by atoms with Crippen LogP contribution < -0.4 is 5.32 Å². The normalized spacial score (nSPS) is 21.9. The first-order valence-electron chi connectivity index (χ1n) is 11.6. The van der Waals surface area contributed by atoms with Crippen molar-refractivity contribution in [1.82, 2.24) is 25.2 Å². The first kappa shape index (κ1) is 27.1. The third-order valence-electron chi connectivity index (χ3n) is 6.47. The predicted octanol–water partition coefficient (Wildman–Crippen LogP) is 4.28. The maximum atomic E-state index is 13.5. The van der Waals surface area contributed by atoms with Gasteiger partial charge in [-0.05, 0) is 66.2 Å². The summed E-state index contributed by atoms with van der Waals surface area (Å²) in [5.41, 5.74) is -2.21. The Kier molecular flexibility index (Phi) is 6.93. The fraction of sp³-hybridized carbons (Fsp3) is 0.333. The summed E-state index contributed by atoms with van der Waals surface area (Å²) in [5, 5.41) is 20.5. The molecule has 0 saturated carbocycles. The lowest BCUT2D eigenvalue weighted by atomic mass is 10.0. The number of fused-ring (bicyclic) bond motifs is 1. The van der Waals surface area contributed by atoms with Gasteiger partial charge in [-0.3, -0.25) is 14.5 Å². The molecule has 2 amide bonds. The number of β-amino-alcohol motifs (C(OH)–C–C–N with tert-alkyl or cyclic N) is 1. The van der Waals surface area contributed by atoms with Crippen molar-refractivity contribution < 1.29 is 41.0 Å². The number of hydrogen-bond donors (Lipinski definition) is 2. The van der Waals surface area contributed by atoms with Gasteiger partial charge in [-0.1, -0.05) is 17.3 Å². The fourth-order valence-electron chi connectivity index (χ4n) is 4.56. The molecular weight excluding hydrogens is 552 g/mol. The maximum absolute atomic E-state index is 13.5. The van der Waals surface area contributed by atoms with Crippen LogP contribution in [0.1, 0.15) is 28.7 Å². The Morgan fingerprint density at radius 3 is 2.54 bits per heavy atom. The van der Waals surface area contributed by atoms with E-state index in [1.54, 1.807) is 6.07 Å². The van der Waals surface area contributed by atoms with Crippen molar-refractivity contribution in [1.29, 1.82) is 0 Å². The number of thioether (sulfide) groups is 1. The standard InChI is InChI=1S/C24H19F6N5O3S/c25-23(26,27)14-3-2-13(15(9-14)24(28,29)30)11-34-17-4-1-12(7-16(17)32-33-34)8-20-21(37)35(22(38)39-20)18-5-6-31-10-19(18)36/h1-4,7-9,18-19,31,36H,5-6,10-11H2/b20-8-/t18-,19-/m0/s1. The van der Waals surface area contributed by atoms with Crippen molar-refractivity contribution in [2.24, 2.45) is 0 Å². The van der Waals surface area contributed by atoms with Crippen LogP contribution in [0.25, 0.3) is 17.1 Å². The van der Waals surface area contributed by atoms with Crippen molar-refractivity contribution in [3.05, 3.63) is 63.6 Å². The van der Waals surface area contributed by atoms with E-state index in [1.807, 2.05) is 0 Å². The average molecular weight is 572 g/mol. The number of alkyl halides is 6. The number of amides is 2. The lowest BCUT2D eigenvalue weighted by molar-refractivity contribution is -0.143. The molecule has 206 valence electrons. The van der Waals surface area contributed by atoms with Crippen LogP contribution in [0, 0.1) is 0 Å². The van der Waals surface area contributed by atoms with Crippen molar-refractivity contribution in [2.45, 2.75) is 37.5 Å². The summed E-state index contributed by atoms with van der Waals surface area (Å²) >= 11 is 0.731. The number of aliphatic hydroxyl groups is 1. The average Bonchev–Trinajstić information content (AvgIpc) is 3.37. The van der Waals surface area contributed by atoms with Gasteiger partial charge in [0.25, 0.3) is 11.1 Å². The first-order valence-corrected chi connectivity index (χ1v) is 12.4. The van der Waals surface area contributed by atoms with Gasteiger partial charge in [0.2, 0.25) is 0 Å². The Bertz CT molecular complexity index is 1490. The second-order valence-corrected chi connectivity index (χ2v) is 10.0.